The van der Waals surface area contributed by atoms with Gasteiger partial charge in [0.2, 0.25) is 0 Å². The Hall–Kier alpha value is -0.740. The van der Waals surface area contributed by atoms with Crippen molar-refractivity contribution in [3.63, 3.8) is 0 Å². The number of thiol groups is 1. The molecule has 0 saturated carbocycles. The Kier molecular flexibility index (Phi) is 2.36. The Balaban J connectivity index is 3.20. The van der Waals surface area contributed by atoms with Gasteiger partial charge >= 0.3 is 5.97 Å². The number of hydrogen-bond donors (Lipinski definition) is 2. The fourth-order valence-electron chi connectivity index (χ4n) is 0.593. The quantitative estimate of drug-likeness (QED) is 0.662. The third-order valence-corrected chi connectivity index (χ3v) is 1.58. The highest BCUT2D eigenvalue weighted by atomic mass is 35.5. The van der Waals surface area contributed by atoms with Crippen LogP contribution in [0.4, 0.5) is 0 Å². The molecule has 0 bridgehead atoms. The molecule has 5 heteroatoms. The number of carboxylic acid groups (broad SMARTS) is 1. The minimum atomic E-state index is -1.10. The third kappa shape index (κ3) is 1.85. The van der Waals surface area contributed by atoms with Crippen molar-refractivity contribution in [2.24, 2.45) is 0 Å². The zero-order chi connectivity index (χ0) is 8.43. The molecule has 0 spiro atoms. The Bertz CT molecular complexity index is 303. The van der Waals surface area contributed by atoms with Crippen molar-refractivity contribution >= 4 is 30.2 Å². The van der Waals surface area contributed by atoms with E-state index in [4.69, 9.17) is 16.7 Å². The first-order valence-electron chi connectivity index (χ1n) is 2.69. The van der Waals surface area contributed by atoms with Gasteiger partial charge in [-0.3, -0.25) is 0 Å². The summed E-state index contributed by atoms with van der Waals surface area (Å²) in [5.74, 6) is -1.10. The van der Waals surface area contributed by atoms with E-state index in [2.05, 4.69) is 17.6 Å². The lowest BCUT2D eigenvalue weighted by Crippen LogP contribution is -2.00. The first-order valence-corrected chi connectivity index (χ1v) is 3.51. The molecule has 0 aliphatic heterocycles. The van der Waals surface area contributed by atoms with Crippen LogP contribution in [0.15, 0.2) is 17.2 Å². The summed E-state index contributed by atoms with van der Waals surface area (Å²) in [4.78, 5) is 14.2. The van der Waals surface area contributed by atoms with Crippen LogP contribution in [0.5, 0.6) is 0 Å². The van der Waals surface area contributed by atoms with Crippen LogP contribution in [-0.2, 0) is 0 Å². The van der Waals surface area contributed by atoms with Gasteiger partial charge in [0.1, 0.15) is 0 Å². The number of pyridine rings is 1. The molecule has 0 aliphatic rings. The van der Waals surface area contributed by atoms with Gasteiger partial charge in [-0.15, -0.1) is 12.6 Å². The van der Waals surface area contributed by atoms with Crippen molar-refractivity contribution in [3.8, 4) is 0 Å². The summed E-state index contributed by atoms with van der Waals surface area (Å²) in [6, 6.07) is 1.43. The second kappa shape index (κ2) is 3.11. The zero-order valence-electron chi connectivity index (χ0n) is 5.28. The lowest BCUT2D eigenvalue weighted by Gasteiger charge is -1.97. The van der Waals surface area contributed by atoms with Gasteiger partial charge in [0.05, 0.1) is 5.02 Å². The summed E-state index contributed by atoms with van der Waals surface area (Å²) >= 11 is 9.40. The minimum absolute atomic E-state index is 0.0854. The molecule has 1 aromatic heterocycles. The van der Waals surface area contributed by atoms with Crippen LogP contribution >= 0.6 is 24.2 Å². The maximum absolute atomic E-state index is 10.4. The predicted molar refractivity (Wildman–Crippen MR) is 43.5 cm³/mol. The molecule has 0 saturated heterocycles. The van der Waals surface area contributed by atoms with E-state index in [0.717, 1.165) is 0 Å². The van der Waals surface area contributed by atoms with E-state index in [-0.39, 0.29) is 10.6 Å². The average molecular weight is 190 g/mol. The highest BCUT2D eigenvalue weighted by Gasteiger charge is 2.08. The summed E-state index contributed by atoms with van der Waals surface area (Å²) < 4.78 is 0. The monoisotopic (exact) mass is 189 g/mol. The van der Waals surface area contributed by atoms with Gasteiger partial charge < -0.3 is 5.11 Å². The van der Waals surface area contributed by atoms with E-state index in [9.17, 15) is 4.79 Å². The first kappa shape index (κ1) is 8.36. The van der Waals surface area contributed by atoms with E-state index >= 15 is 0 Å². The van der Waals surface area contributed by atoms with Crippen LogP contribution in [-0.4, -0.2) is 16.1 Å². The van der Waals surface area contributed by atoms with Crippen LogP contribution in [0, 0.1) is 0 Å². The first-order chi connectivity index (χ1) is 5.11. The van der Waals surface area contributed by atoms with Gasteiger partial charge in [0.15, 0.2) is 5.69 Å². The number of carbonyl (C=O) groups is 1. The van der Waals surface area contributed by atoms with Crippen LogP contribution < -0.4 is 0 Å². The Morgan fingerprint density at radius 2 is 2.36 bits per heavy atom. The fraction of sp³-hybridized carbons (Fsp3) is 0. The van der Waals surface area contributed by atoms with E-state index in [1.807, 2.05) is 0 Å². The minimum Gasteiger partial charge on any atom is -0.476 e. The average Bonchev–Trinajstić information content (AvgIpc) is 1.85. The third-order valence-electron chi connectivity index (χ3n) is 1.04. The predicted octanol–water partition coefficient (Wildman–Crippen LogP) is 1.72. The molecule has 11 heavy (non-hydrogen) atoms. The van der Waals surface area contributed by atoms with Gasteiger partial charge in [-0.05, 0) is 6.07 Å². The molecular weight excluding hydrogens is 186 g/mol. The molecule has 1 heterocycles. The van der Waals surface area contributed by atoms with Crippen LogP contribution in [0.25, 0.3) is 0 Å². The highest BCUT2D eigenvalue weighted by Crippen LogP contribution is 2.16. The second-order valence-electron chi connectivity index (χ2n) is 1.83. The molecule has 3 nitrogen and oxygen atoms in total. The number of rotatable bonds is 1. The fourth-order valence-corrected chi connectivity index (χ4v) is 1.12. The van der Waals surface area contributed by atoms with Crippen LogP contribution in [0.1, 0.15) is 10.5 Å². The van der Waals surface area contributed by atoms with E-state index in [1.54, 1.807) is 0 Å². The molecule has 1 N–H and O–H groups in total. The summed E-state index contributed by atoms with van der Waals surface area (Å²) in [5, 5.41) is 8.88. The Morgan fingerprint density at radius 1 is 1.73 bits per heavy atom. The summed E-state index contributed by atoms with van der Waals surface area (Å²) in [6.45, 7) is 0. The number of hydrogen-bond acceptors (Lipinski definition) is 3. The standard InChI is InChI=1S/C6H4ClNO2S/c7-3-1-4(11)5(6(9)10)8-2-3/h1-2,11H,(H,9,10). The van der Waals surface area contributed by atoms with Crippen molar-refractivity contribution in [1.82, 2.24) is 4.98 Å². The van der Waals surface area contributed by atoms with Gasteiger partial charge in [0.25, 0.3) is 0 Å². The molecule has 0 aliphatic carbocycles. The molecular formula is C6H4ClNO2S. The molecule has 58 valence electrons. The summed E-state index contributed by atoms with van der Waals surface area (Å²) in [5.41, 5.74) is -0.0854. The number of nitrogens with zero attached hydrogens (tertiary/aromatic N) is 1. The topological polar surface area (TPSA) is 50.2 Å². The Labute approximate surface area is 73.4 Å². The molecule has 0 radical (unpaired) electrons. The molecule has 0 unspecified atom stereocenters. The summed E-state index contributed by atoms with van der Waals surface area (Å²) in [7, 11) is 0. The largest absolute Gasteiger partial charge is 0.476 e. The number of aromatic nitrogens is 1. The Morgan fingerprint density at radius 3 is 2.82 bits per heavy atom. The maximum Gasteiger partial charge on any atom is 0.355 e. The van der Waals surface area contributed by atoms with Gasteiger partial charge in [-0.1, -0.05) is 11.6 Å². The summed E-state index contributed by atoms with van der Waals surface area (Å²) in [6.07, 6.45) is 1.27. The van der Waals surface area contributed by atoms with Crippen LogP contribution in [0.3, 0.4) is 0 Å². The van der Waals surface area contributed by atoms with Crippen molar-refractivity contribution < 1.29 is 9.90 Å². The second-order valence-corrected chi connectivity index (χ2v) is 2.74. The molecule has 0 fully saturated rings. The highest BCUT2D eigenvalue weighted by molar-refractivity contribution is 7.80. The van der Waals surface area contributed by atoms with Crippen LogP contribution in [0.2, 0.25) is 5.02 Å². The van der Waals surface area contributed by atoms with Crippen molar-refractivity contribution in [2.45, 2.75) is 4.90 Å². The molecule has 1 rings (SSSR count). The van der Waals surface area contributed by atoms with Crippen molar-refractivity contribution in [2.75, 3.05) is 0 Å². The lowest BCUT2D eigenvalue weighted by atomic mass is 10.3. The molecule has 0 aromatic carbocycles. The van der Waals surface area contributed by atoms with Crippen molar-refractivity contribution in [1.29, 1.82) is 0 Å². The van der Waals surface area contributed by atoms with Gasteiger partial charge in [-0.2, -0.15) is 0 Å². The van der Waals surface area contributed by atoms with E-state index in [1.165, 1.54) is 12.3 Å². The van der Waals surface area contributed by atoms with Gasteiger partial charge in [-0.25, -0.2) is 9.78 Å². The van der Waals surface area contributed by atoms with E-state index in [0.29, 0.717) is 5.02 Å². The molecule has 1 aromatic rings. The number of carboxylic acids is 1. The van der Waals surface area contributed by atoms with Gasteiger partial charge in [0, 0.05) is 11.1 Å². The smallest absolute Gasteiger partial charge is 0.355 e. The number of halogens is 1. The lowest BCUT2D eigenvalue weighted by molar-refractivity contribution is 0.0686. The molecule has 0 atom stereocenters. The normalized spacial score (nSPS) is 9.64. The van der Waals surface area contributed by atoms with Crippen molar-refractivity contribution in [3.05, 3.63) is 23.0 Å². The molecule has 0 amide bonds. The van der Waals surface area contributed by atoms with E-state index < -0.39 is 5.97 Å². The SMILES string of the molecule is O=C(O)c1ncc(Cl)cc1S. The number of aromatic carboxylic acids is 1. The zero-order valence-corrected chi connectivity index (χ0v) is 6.93. The maximum atomic E-state index is 10.4.